The summed E-state index contributed by atoms with van der Waals surface area (Å²) in [6.07, 6.45) is 1.99. The number of phosphoric ester groups is 1. The van der Waals surface area contributed by atoms with Gasteiger partial charge < -0.3 is 25.2 Å². The molecule has 3 aromatic rings. The number of benzene rings is 1. The van der Waals surface area contributed by atoms with Crippen LogP contribution in [0.25, 0.3) is 16.9 Å². The third kappa shape index (κ3) is 4.54. The van der Waals surface area contributed by atoms with Gasteiger partial charge in [-0.15, -0.1) is 0 Å². The second kappa shape index (κ2) is 9.46. The van der Waals surface area contributed by atoms with Gasteiger partial charge in [-0.2, -0.15) is 0 Å². The van der Waals surface area contributed by atoms with E-state index in [1.54, 1.807) is 0 Å². The number of nitrogens with zero attached hydrogens (tertiary/aromatic N) is 4. The number of hydrogen-bond acceptors (Lipinski definition) is 11. The number of aliphatic hydroxyl groups excluding tert-OH is 1. The molecule has 2 aliphatic heterocycles. The van der Waals surface area contributed by atoms with Crippen molar-refractivity contribution >= 4 is 30.6 Å². The van der Waals surface area contributed by atoms with Gasteiger partial charge in [-0.05, 0) is 25.8 Å². The lowest BCUT2D eigenvalue weighted by Gasteiger charge is -2.37. The molecule has 12 nitrogen and oxygen atoms in total. The lowest BCUT2D eigenvalue weighted by molar-refractivity contribution is -0.0952. The number of nitrogen functional groups attached to an aromatic ring is 1. The van der Waals surface area contributed by atoms with Crippen molar-refractivity contribution in [1.29, 1.82) is 0 Å². The summed E-state index contributed by atoms with van der Waals surface area (Å²) >= 11 is 0. The van der Waals surface area contributed by atoms with E-state index in [0.717, 1.165) is 5.56 Å². The quantitative estimate of drug-likeness (QED) is 0.384. The molecule has 0 spiro atoms. The van der Waals surface area contributed by atoms with Gasteiger partial charge in [-0.1, -0.05) is 44.2 Å². The zero-order valence-corrected chi connectivity index (χ0v) is 21.6. The number of ether oxygens (including phenoxy) is 1. The summed E-state index contributed by atoms with van der Waals surface area (Å²) in [7, 11) is -4.13. The third-order valence-electron chi connectivity index (χ3n) is 6.94. The summed E-state index contributed by atoms with van der Waals surface area (Å²) in [5, 5.41) is 22.1. The summed E-state index contributed by atoms with van der Waals surface area (Å²) in [5.74, 6) is 0.558. The maximum atomic E-state index is 13.7. The molecule has 5 atom stereocenters. The average molecular weight is 532 g/mol. The van der Waals surface area contributed by atoms with Crippen molar-refractivity contribution in [2.24, 2.45) is 0 Å². The molecule has 13 heteroatoms. The highest BCUT2D eigenvalue weighted by atomic mass is 31.2. The van der Waals surface area contributed by atoms with Crippen LogP contribution in [0.5, 0.6) is 0 Å². The fourth-order valence-electron chi connectivity index (χ4n) is 4.61. The molecule has 0 saturated carbocycles. The Kier molecular flexibility index (Phi) is 6.59. The Bertz CT molecular complexity index is 1360. The van der Waals surface area contributed by atoms with Crippen LogP contribution in [0.4, 0.5) is 5.82 Å². The highest BCUT2D eigenvalue weighted by Crippen LogP contribution is 2.61. The Hall–Kier alpha value is -2.86. The molecule has 0 bridgehead atoms. The van der Waals surface area contributed by atoms with Crippen LogP contribution in [0.15, 0.2) is 49.1 Å². The molecule has 2 aromatic heterocycles. The third-order valence-corrected chi connectivity index (χ3v) is 8.42. The molecule has 0 radical (unpaired) electrons. The van der Waals surface area contributed by atoms with Gasteiger partial charge in [-0.25, -0.2) is 19.5 Å². The highest BCUT2D eigenvalue weighted by Gasteiger charge is 2.55. The number of imidazole rings is 1. The number of hydrogen-bond donors (Lipinski definition) is 3. The topological polar surface area (TPSA) is 164 Å². The van der Waals surface area contributed by atoms with Crippen LogP contribution in [0, 0.1) is 0 Å². The molecule has 0 amide bonds. The molecule has 4 N–H and O–H groups in total. The number of fused-ring (bicyclic) bond motifs is 1. The molecule has 2 aliphatic rings. The predicted molar refractivity (Wildman–Crippen MR) is 134 cm³/mol. The maximum absolute atomic E-state index is 13.7. The van der Waals surface area contributed by atoms with Crippen LogP contribution >= 0.6 is 7.82 Å². The Morgan fingerprint density at radius 2 is 1.92 bits per heavy atom. The second-order valence-corrected chi connectivity index (χ2v) is 10.9. The molecule has 37 heavy (non-hydrogen) atoms. The van der Waals surface area contributed by atoms with E-state index in [-0.39, 0.29) is 12.4 Å². The molecular weight excluding hydrogens is 501 g/mol. The normalized spacial score (nSPS) is 31.3. The second-order valence-electron chi connectivity index (χ2n) is 9.35. The van der Waals surface area contributed by atoms with E-state index in [9.17, 15) is 14.8 Å². The molecule has 5 rings (SSSR count). The standard InChI is InChI=1S/C24H30N5O7P/c1-4-24(5-2)11-16(15-9-7-6-8-10-15)35-37(32,36-24)33-12-17-19(30)23(3,31)22(34-17)29-14-28-18-20(25)26-13-27-21(18)29/h6-11,13-14,17,19,22,30-31H,4-5,12H2,1-3H3,(H2,25,26,27)/t17-,19-,22-,23-,37?/m1/s1. The zero-order chi connectivity index (χ0) is 26.4. The van der Waals surface area contributed by atoms with E-state index in [1.165, 1.54) is 24.1 Å². The number of anilines is 1. The summed E-state index contributed by atoms with van der Waals surface area (Å²) < 4.78 is 38.6. The minimum Gasteiger partial charge on any atom is -0.404 e. The largest absolute Gasteiger partial charge is 0.531 e. The van der Waals surface area contributed by atoms with Gasteiger partial charge in [0.15, 0.2) is 17.7 Å². The van der Waals surface area contributed by atoms with Crippen LogP contribution < -0.4 is 5.73 Å². The number of aliphatic hydroxyl groups is 2. The van der Waals surface area contributed by atoms with Crippen molar-refractivity contribution in [3.05, 3.63) is 54.6 Å². The SMILES string of the molecule is CCC1(CC)C=C(c2ccccc2)OP(=O)(OC[C@H]2O[C@@H](n3cnc4c(N)ncnc43)[C@](C)(O)[C@@H]2O)O1. The first-order valence-electron chi connectivity index (χ1n) is 12.0. The van der Waals surface area contributed by atoms with Gasteiger partial charge in [0.25, 0.3) is 0 Å². The fraction of sp³-hybridized carbons (Fsp3) is 0.458. The molecule has 1 aromatic carbocycles. The van der Waals surface area contributed by atoms with Crippen molar-refractivity contribution in [2.45, 2.75) is 63.3 Å². The number of rotatable bonds is 7. The lowest BCUT2D eigenvalue weighted by atomic mass is 9.95. The van der Waals surface area contributed by atoms with Gasteiger partial charge >= 0.3 is 7.82 Å². The van der Waals surface area contributed by atoms with E-state index in [1.807, 2.05) is 50.3 Å². The van der Waals surface area contributed by atoms with Crippen LogP contribution in [-0.2, 0) is 22.9 Å². The summed E-state index contributed by atoms with van der Waals surface area (Å²) in [4.78, 5) is 12.3. The minimum absolute atomic E-state index is 0.170. The summed E-state index contributed by atoms with van der Waals surface area (Å²) in [6, 6.07) is 9.26. The van der Waals surface area contributed by atoms with Crippen LogP contribution in [-0.4, -0.2) is 59.7 Å². The Morgan fingerprint density at radius 3 is 2.62 bits per heavy atom. The first-order chi connectivity index (χ1) is 17.6. The number of phosphoric acid groups is 1. The van der Waals surface area contributed by atoms with Gasteiger partial charge in [0, 0.05) is 5.56 Å². The smallest absolute Gasteiger partial charge is 0.404 e. The molecule has 198 valence electrons. The summed E-state index contributed by atoms with van der Waals surface area (Å²) in [5.41, 5.74) is 4.63. The molecule has 1 unspecified atom stereocenters. The molecular formula is C24H30N5O7P. The van der Waals surface area contributed by atoms with Crippen LogP contribution in [0.2, 0.25) is 0 Å². The van der Waals surface area contributed by atoms with Crippen LogP contribution in [0.3, 0.4) is 0 Å². The number of nitrogens with two attached hydrogens (primary N) is 1. The van der Waals surface area contributed by atoms with E-state index in [2.05, 4.69) is 15.0 Å². The van der Waals surface area contributed by atoms with Crippen molar-refractivity contribution in [2.75, 3.05) is 12.3 Å². The van der Waals surface area contributed by atoms with E-state index < -0.39 is 37.5 Å². The van der Waals surface area contributed by atoms with Gasteiger partial charge in [0.05, 0.1) is 12.9 Å². The van der Waals surface area contributed by atoms with Crippen molar-refractivity contribution in [1.82, 2.24) is 19.5 Å². The lowest BCUT2D eigenvalue weighted by Crippen LogP contribution is -2.44. The van der Waals surface area contributed by atoms with E-state index in [4.69, 9.17) is 24.0 Å². The Morgan fingerprint density at radius 1 is 1.19 bits per heavy atom. The maximum Gasteiger partial charge on any atom is 0.531 e. The molecule has 0 aliphatic carbocycles. The zero-order valence-electron chi connectivity index (χ0n) is 20.7. The van der Waals surface area contributed by atoms with E-state index in [0.29, 0.717) is 29.8 Å². The van der Waals surface area contributed by atoms with Gasteiger partial charge in [0.2, 0.25) is 0 Å². The summed E-state index contributed by atoms with van der Waals surface area (Å²) in [6.45, 7) is 4.90. The van der Waals surface area contributed by atoms with E-state index >= 15 is 0 Å². The monoisotopic (exact) mass is 531 g/mol. The Balaban J connectivity index is 1.38. The van der Waals surface area contributed by atoms with Gasteiger partial charge in [-0.3, -0.25) is 13.6 Å². The molecule has 1 fully saturated rings. The van der Waals surface area contributed by atoms with Crippen LogP contribution in [0.1, 0.15) is 45.4 Å². The first-order valence-corrected chi connectivity index (χ1v) is 13.5. The highest BCUT2D eigenvalue weighted by molar-refractivity contribution is 7.49. The molecule has 1 saturated heterocycles. The van der Waals surface area contributed by atoms with Crippen molar-refractivity contribution < 1.29 is 33.1 Å². The Labute approximate surface area is 213 Å². The average Bonchev–Trinajstić information content (AvgIpc) is 3.42. The van der Waals surface area contributed by atoms with Gasteiger partial charge in [0.1, 0.15) is 41.0 Å². The number of aromatic nitrogens is 4. The first kappa shape index (κ1) is 25.8. The fourth-order valence-corrected chi connectivity index (χ4v) is 6.24. The predicted octanol–water partition coefficient (Wildman–Crippen LogP) is 3.19. The van der Waals surface area contributed by atoms with Crippen molar-refractivity contribution in [3.63, 3.8) is 0 Å². The minimum atomic E-state index is -4.13. The molecule has 4 heterocycles. The van der Waals surface area contributed by atoms with Crippen molar-refractivity contribution in [3.8, 4) is 0 Å².